The van der Waals surface area contributed by atoms with Crippen molar-refractivity contribution in [2.45, 2.75) is 56.7 Å². The number of piperidine rings is 1. The number of hydrogen-bond acceptors (Lipinski definition) is 6. The van der Waals surface area contributed by atoms with E-state index in [0.29, 0.717) is 22.9 Å². The van der Waals surface area contributed by atoms with Crippen molar-refractivity contribution in [2.75, 3.05) is 11.9 Å². The summed E-state index contributed by atoms with van der Waals surface area (Å²) in [7, 11) is 2.10. The number of nitrogens with zero attached hydrogens (tertiary/aromatic N) is 5. The van der Waals surface area contributed by atoms with Crippen LogP contribution < -0.4 is 10.2 Å². The summed E-state index contributed by atoms with van der Waals surface area (Å²) in [5, 5.41) is 32.4. The van der Waals surface area contributed by atoms with Crippen LogP contribution in [0.4, 0.5) is 5.82 Å². The van der Waals surface area contributed by atoms with Crippen LogP contribution in [0.3, 0.4) is 0 Å². The molecule has 0 saturated carbocycles. The number of nitriles is 1. The predicted molar refractivity (Wildman–Crippen MR) is 124 cm³/mol. The summed E-state index contributed by atoms with van der Waals surface area (Å²) in [6, 6.07) is 13.6. The molecule has 4 heterocycles. The van der Waals surface area contributed by atoms with Crippen molar-refractivity contribution >= 4 is 5.82 Å². The molecule has 5 rings (SSSR count). The van der Waals surface area contributed by atoms with Crippen LogP contribution >= 0.6 is 0 Å². The first-order valence-corrected chi connectivity index (χ1v) is 11.1. The minimum absolute atomic E-state index is 0.126. The topological polar surface area (TPSA) is 90.0 Å². The second kappa shape index (κ2) is 7.35. The number of phenolic OH excluding ortho intramolecular Hbond substituents is 1. The van der Waals surface area contributed by atoms with Gasteiger partial charge in [0.1, 0.15) is 11.8 Å². The van der Waals surface area contributed by atoms with Gasteiger partial charge in [-0.3, -0.25) is 0 Å². The van der Waals surface area contributed by atoms with E-state index in [1.807, 2.05) is 24.3 Å². The molecular weight excluding hydrogens is 400 g/mol. The third kappa shape index (κ3) is 3.61. The van der Waals surface area contributed by atoms with E-state index >= 15 is 0 Å². The molecular formula is C25H28N6O. The maximum atomic E-state index is 10.6. The summed E-state index contributed by atoms with van der Waals surface area (Å²) in [6.45, 7) is 4.66. The van der Waals surface area contributed by atoms with Crippen LogP contribution in [0.5, 0.6) is 5.75 Å². The fraction of sp³-hybridized carbons (Fsp3) is 0.400. The summed E-state index contributed by atoms with van der Waals surface area (Å²) in [4.78, 5) is 2.25. The second-order valence-corrected chi connectivity index (χ2v) is 9.82. The van der Waals surface area contributed by atoms with Gasteiger partial charge in [-0.2, -0.15) is 5.26 Å². The minimum atomic E-state index is 0.126. The normalized spacial score (nSPS) is 26.6. The molecule has 0 unspecified atom stereocenters. The smallest absolute Gasteiger partial charge is 0.151 e. The van der Waals surface area contributed by atoms with Crippen molar-refractivity contribution < 1.29 is 5.11 Å². The average Bonchev–Trinajstić information content (AvgIpc) is 3.34. The molecule has 2 saturated heterocycles. The van der Waals surface area contributed by atoms with Gasteiger partial charge in [-0.15, -0.1) is 10.2 Å². The number of phenols is 1. The van der Waals surface area contributed by atoms with Crippen molar-refractivity contribution in [3.05, 3.63) is 54.4 Å². The van der Waals surface area contributed by atoms with E-state index in [4.69, 9.17) is 5.26 Å². The van der Waals surface area contributed by atoms with Crippen molar-refractivity contribution in [2.24, 2.45) is 0 Å². The lowest BCUT2D eigenvalue weighted by atomic mass is 9.84. The van der Waals surface area contributed by atoms with Crippen LogP contribution in [-0.2, 0) is 0 Å². The van der Waals surface area contributed by atoms with Crippen LogP contribution in [0.25, 0.3) is 16.9 Å². The zero-order valence-electron chi connectivity index (χ0n) is 18.7. The monoisotopic (exact) mass is 428 g/mol. The van der Waals surface area contributed by atoms with Crippen LogP contribution in [0.15, 0.2) is 48.8 Å². The highest BCUT2D eigenvalue weighted by Crippen LogP contribution is 2.43. The third-order valence-electron chi connectivity index (χ3n) is 7.14. The molecule has 32 heavy (non-hydrogen) atoms. The lowest BCUT2D eigenvalue weighted by molar-refractivity contribution is 0.207. The second-order valence-electron chi connectivity index (χ2n) is 9.82. The molecule has 2 aromatic heterocycles. The highest BCUT2D eigenvalue weighted by atomic mass is 16.3. The maximum Gasteiger partial charge on any atom is 0.151 e. The van der Waals surface area contributed by atoms with Crippen LogP contribution in [-0.4, -0.2) is 44.0 Å². The Kier molecular flexibility index (Phi) is 4.72. The highest BCUT2D eigenvalue weighted by Gasteiger charge is 2.49. The molecule has 2 bridgehead atoms. The quantitative estimate of drug-likeness (QED) is 0.653. The Bertz CT molecular complexity index is 1180. The van der Waals surface area contributed by atoms with Crippen molar-refractivity contribution in [1.29, 1.82) is 5.26 Å². The van der Waals surface area contributed by atoms with E-state index < -0.39 is 0 Å². The Morgan fingerprint density at radius 2 is 1.88 bits per heavy atom. The number of aromatic nitrogens is 3. The van der Waals surface area contributed by atoms with Gasteiger partial charge in [0, 0.05) is 53.9 Å². The summed E-state index contributed by atoms with van der Waals surface area (Å²) in [5.74, 6) is 0.973. The molecule has 2 aliphatic heterocycles. The Hall–Kier alpha value is -3.37. The summed E-state index contributed by atoms with van der Waals surface area (Å²) >= 11 is 0. The molecule has 2 N–H and O–H groups in total. The molecule has 7 nitrogen and oxygen atoms in total. The van der Waals surface area contributed by atoms with Gasteiger partial charge in [-0.05, 0) is 69.9 Å². The molecule has 3 atom stereocenters. The van der Waals surface area contributed by atoms with Crippen LogP contribution in [0.2, 0.25) is 0 Å². The number of nitrogens with one attached hydrogen (secondary N) is 1. The molecule has 2 fully saturated rings. The lowest BCUT2D eigenvalue weighted by Gasteiger charge is -2.45. The number of fused-ring (bicyclic) bond motifs is 2. The number of anilines is 1. The minimum Gasteiger partial charge on any atom is -0.507 e. The number of hydrogen-bond donors (Lipinski definition) is 2. The Labute approximate surface area is 188 Å². The van der Waals surface area contributed by atoms with E-state index in [-0.39, 0.29) is 16.8 Å². The van der Waals surface area contributed by atoms with Gasteiger partial charge in [0.2, 0.25) is 0 Å². The van der Waals surface area contributed by atoms with Gasteiger partial charge < -0.3 is 19.9 Å². The van der Waals surface area contributed by atoms with Gasteiger partial charge in [-0.1, -0.05) is 0 Å². The molecule has 164 valence electrons. The zero-order valence-corrected chi connectivity index (χ0v) is 18.7. The standard InChI is InChI=1S/C25H28N6O/c1-24-9-10-25(2,29-24)14-19(13-24)30(3)23-7-6-21(27-28-23)20-5-4-18(12-22(20)32)31-11-8-17(15-26)16-31/h4-8,11-12,16,19,29,32H,9-10,13-14H2,1-3H3/t19-,24+,25-. The van der Waals surface area contributed by atoms with Gasteiger partial charge in [0.25, 0.3) is 0 Å². The number of rotatable bonds is 4. The predicted octanol–water partition coefficient (Wildman–Crippen LogP) is 4.01. The highest BCUT2D eigenvalue weighted by molar-refractivity contribution is 5.69. The van der Waals surface area contributed by atoms with Gasteiger partial charge in [0.15, 0.2) is 5.82 Å². The number of aromatic hydroxyl groups is 1. The van der Waals surface area contributed by atoms with E-state index in [1.165, 1.54) is 12.8 Å². The molecule has 2 aliphatic rings. The van der Waals surface area contributed by atoms with E-state index in [1.54, 1.807) is 29.1 Å². The Balaban J connectivity index is 1.35. The summed E-state index contributed by atoms with van der Waals surface area (Å²) in [5.41, 5.74) is 2.99. The van der Waals surface area contributed by atoms with Gasteiger partial charge in [-0.25, -0.2) is 0 Å². The van der Waals surface area contributed by atoms with Crippen LogP contribution in [0.1, 0.15) is 45.1 Å². The third-order valence-corrected chi connectivity index (χ3v) is 7.14. The number of benzene rings is 1. The molecule has 0 radical (unpaired) electrons. The van der Waals surface area contributed by atoms with Gasteiger partial charge >= 0.3 is 0 Å². The average molecular weight is 429 g/mol. The molecule has 0 aliphatic carbocycles. The van der Waals surface area contributed by atoms with Crippen molar-refractivity contribution in [3.8, 4) is 28.8 Å². The first kappa shape index (κ1) is 20.5. The lowest BCUT2D eigenvalue weighted by Crippen LogP contribution is -2.58. The zero-order chi connectivity index (χ0) is 22.5. The van der Waals surface area contributed by atoms with Crippen molar-refractivity contribution in [1.82, 2.24) is 20.1 Å². The fourth-order valence-electron chi connectivity index (χ4n) is 5.46. The largest absolute Gasteiger partial charge is 0.507 e. The first-order valence-electron chi connectivity index (χ1n) is 11.1. The molecule has 1 aromatic carbocycles. The molecule has 0 amide bonds. The molecule has 3 aromatic rings. The van der Waals surface area contributed by atoms with Crippen molar-refractivity contribution in [3.63, 3.8) is 0 Å². The summed E-state index contributed by atoms with van der Waals surface area (Å²) < 4.78 is 1.80. The van der Waals surface area contributed by atoms with E-state index in [0.717, 1.165) is 24.3 Å². The van der Waals surface area contributed by atoms with E-state index in [2.05, 4.69) is 47.4 Å². The Morgan fingerprint density at radius 3 is 2.47 bits per heavy atom. The van der Waals surface area contributed by atoms with E-state index in [9.17, 15) is 5.11 Å². The van der Waals surface area contributed by atoms with Crippen LogP contribution in [0, 0.1) is 11.3 Å². The Morgan fingerprint density at radius 1 is 1.12 bits per heavy atom. The summed E-state index contributed by atoms with van der Waals surface area (Å²) in [6.07, 6.45) is 8.15. The van der Waals surface area contributed by atoms with Gasteiger partial charge in [0.05, 0.1) is 11.3 Å². The SMILES string of the molecule is CN(c1ccc(-c2ccc(-n3ccc(C#N)c3)cc2O)nn1)[C@@H]1C[C@]2(C)CC[C@](C)(C1)N2. The maximum absolute atomic E-state index is 10.6. The fourth-order valence-corrected chi connectivity index (χ4v) is 5.46. The molecule has 0 spiro atoms. The molecule has 7 heteroatoms. The first-order chi connectivity index (χ1) is 15.3.